The predicted molar refractivity (Wildman–Crippen MR) is 82.8 cm³/mol. The van der Waals surface area contributed by atoms with Crippen molar-refractivity contribution in [2.45, 2.75) is 38.1 Å². The van der Waals surface area contributed by atoms with Crippen LogP contribution in [0.15, 0.2) is 29.3 Å². The van der Waals surface area contributed by atoms with Gasteiger partial charge in [-0.3, -0.25) is 0 Å². The van der Waals surface area contributed by atoms with Crippen LogP contribution in [0.4, 0.5) is 10.5 Å². The van der Waals surface area contributed by atoms with Crippen molar-refractivity contribution in [3.05, 3.63) is 29.8 Å². The Balaban J connectivity index is 1.53. The molecule has 5 heteroatoms. The first-order valence-corrected chi connectivity index (χ1v) is 7.66. The second kappa shape index (κ2) is 6.61. The molecule has 0 radical (unpaired) electrons. The van der Waals surface area contributed by atoms with Crippen molar-refractivity contribution >= 4 is 17.6 Å². The highest BCUT2D eigenvalue weighted by molar-refractivity contribution is 5.96. The van der Waals surface area contributed by atoms with Crippen molar-refractivity contribution in [3.8, 4) is 0 Å². The van der Waals surface area contributed by atoms with E-state index in [1.54, 1.807) is 0 Å². The number of carbonyl (C=O) groups excluding carboxylic acids is 1. The Bertz CT molecular complexity index is 519. The van der Waals surface area contributed by atoms with E-state index in [-0.39, 0.29) is 6.03 Å². The monoisotopic (exact) mass is 287 g/mol. The van der Waals surface area contributed by atoms with Crippen molar-refractivity contribution in [2.24, 2.45) is 4.99 Å². The zero-order valence-electron chi connectivity index (χ0n) is 12.1. The van der Waals surface area contributed by atoms with Gasteiger partial charge in [0.25, 0.3) is 0 Å². The number of hydrogen-bond acceptors (Lipinski definition) is 3. The topological polar surface area (TPSA) is 62.7 Å². The van der Waals surface area contributed by atoms with E-state index in [4.69, 9.17) is 4.74 Å². The number of carbonyl (C=O) groups is 1. The van der Waals surface area contributed by atoms with Crippen LogP contribution >= 0.6 is 0 Å². The van der Waals surface area contributed by atoms with E-state index < -0.39 is 0 Å². The van der Waals surface area contributed by atoms with Crippen LogP contribution in [0.5, 0.6) is 0 Å². The molecule has 1 saturated carbocycles. The average Bonchev–Trinajstić information content (AvgIpc) is 3.03. The summed E-state index contributed by atoms with van der Waals surface area (Å²) in [4.78, 5) is 16.2. The maximum Gasteiger partial charge on any atom is 0.319 e. The first-order chi connectivity index (χ1) is 10.3. The van der Waals surface area contributed by atoms with Crippen LogP contribution in [0, 0.1) is 0 Å². The molecule has 0 spiro atoms. The highest BCUT2D eigenvalue weighted by atomic mass is 16.5. The fourth-order valence-electron chi connectivity index (χ4n) is 2.81. The Morgan fingerprint density at radius 2 is 1.90 bits per heavy atom. The van der Waals surface area contributed by atoms with Gasteiger partial charge < -0.3 is 15.4 Å². The molecule has 5 nitrogen and oxygen atoms in total. The number of aliphatic imine (C=N–C) groups is 1. The van der Waals surface area contributed by atoms with Crippen molar-refractivity contribution in [1.82, 2.24) is 5.32 Å². The van der Waals surface area contributed by atoms with Crippen LogP contribution in [-0.4, -0.2) is 31.1 Å². The minimum Gasteiger partial charge on any atom is -0.476 e. The van der Waals surface area contributed by atoms with Gasteiger partial charge in [0.05, 0.1) is 6.54 Å². The van der Waals surface area contributed by atoms with Crippen LogP contribution in [-0.2, 0) is 4.74 Å². The van der Waals surface area contributed by atoms with Gasteiger partial charge in [-0.15, -0.1) is 0 Å². The molecule has 2 aliphatic rings. The van der Waals surface area contributed by atoms with Gasteiger partial charge in [-0.1, -0.05) is 19.3 Å². The van der Waals surface area contributed by atoms with Crippen LogP contribution in [0.2, 0.25) is 0 Å². The molecule has 21 heavy (non-hydrogen) atoms. The molecule has 1 heterocycles. The number of hydrogen-bond donors (Lipinski definition) is 2. The lowest BCUT2D eigenvalue weighted by Crippen LogP contribution is -2.39. The second-order valence-corrected chi connectivity index (χ2v) is 5.55. The van der Waals surface area contributed by atoms with Crippen molar-refractivity contribution in [3.63, 3.8) is 0 Å². The molecule has 0 bridgehead atoms. The fourth-order valence-corrected chi connectivity index (χ4v) is 2.81. The fraction of sp³-hybridized carbons (Fsp3) is 0.500. The largest absolute Gasteiger partial charge is 0.476 e. The molecule has 2 amide bonds. The maximum absolute atomic E-state index is 12.0. The smallest absolute Gasteiger partial charge is 0.319 e. The van der Waals surface area contributed by atoms with Crippen molar-refractivity contribution in [2.75, 3.05) is 18.5 Å². The normalized spacial score (nSPS) is 18.8. The Morgan fingerprint density at radius 3 is 2.57 bits per heavy atom. The van der Waals surface area contributed by atoms with Gasteiger partial charge in [-0.2, -0.15) is 0 Å². The molecule has 1 fully saturated rings. The molecule has 1 aliphatic heterocycles. The van der Waals surface area contributed by atoms with E-state index in [0.29, 0.717) is 18.5 Å². The summed E-state index contributed by atoms with van der Waals surface area (Å²) >= 11 is 0. The summed E-state index contributed by atoms with van der Waals surface area (Å²) in [7, 11) is 0. The van der Waals surface area contributed by atoms with Crippen LogP contribution in [0.3, 0.4) is 0 Å². The minimum atomic E-state index is -0.121. The second-order valence-electron chi connectivity index (χ2n) is 5.55. The van der Waals surface area contributed by atoms with E-state index in [0.717, 1.165) is 30.6 Å². The van der Waals surface area contributed by atoms with E-state index in [1.165, 1.54) is 19.3 Å². The Hall–Kier alpha value is -2.04. The van der Waals surface area contributed by atoms with Crippen LogP contribution < -0.4 is 10.6 Å². The molecule has 0 aromatic heterocycles. The van der Waals surface area contributed by atoms with E-state index >= 15 is 0 Å². The quantitative estimate of drug-likeness (QED) is 0.898. The van der Waals surface area contributed by atoms with Crippen molar-refractivity contribution < 1.29 is 9.53 Å². The third-order valence-corrected chi connectivity index (χ3v) is 3.92. The molecule has 1 aromatic rings. The molecule has 2 N–H and O–H groups in total. The van der Waals surface area contributed by atoms with Gasteiger partial charge in [0.15, 0.2) is 0 Å². The summed E-state index contributed by atoms with van der Waals surface area (Å²) in [5, 5.41) is 5.91. The molecule has 1 aromatic carbocycles. The summed E-state index contributed by atoms with van der Waals surface area (Å²) < 4.78 is 5.41. The van der Waals surface area contributed by atoms with Gasteiger partial charge in [0.1, 0.15) is 6.61 Å². The molecule has 0 saturated heterocycles. The lowest BCUT2D eigenvalue weighted by atomic mass is 9.96. The molecule has 3 rings (SSSR count). The van der Waals surface area contributed by atoms with Gasteiger partial charge in [-0.05, 0) is 37.1 Å². The standard InChI is InChI=1S/C16H21N3O2/c20-16(18-13-4-2-1-3-5-13)19-14-8-6-12(7-9-14)15-17-10-11-21-15/h6-9,13H,1-5,10-11H2,(H2,18,19,20). The molecule has 0 unspecified atom stereocenters. The van der Waals surface area contributed by atoms with E-state index in [2.05, 4.69) is 15.6 Å². The number of nitrogens with zero attached hydrogens (tertiary/aromatic N) is 1. The van der Waals surface area contributed by atoms with Crippen LogP contribution in [0.1, 0.15) is 37.7 Å². The third kappa shape index (κ3) is 3.74. The van der Waals surface area contributed by atoms with Gasteiger partial charge in [0.2, 0.25) is 5.90 Å². The summed E-state index contributed by atoms with van der Waals surface area (Å²) in [5.74, 6) is 0.688. The maximum atomic E-state index is 12.0. The van der Waals surface area contributed by atoms with Gasteiger partial charge in [-0.25, -0.2) is 9.79 Å². The first-order valence-electron chi connectivity index (χ1n) is 7.66. The highest BCUT2D eigenvalue weighted by Crippen LogP contribution is 2.18. The van der Waals surface area contributed by atoms with Crippen LogP contribution in [0.25, 0.3) is 0 Å². The summed E-state index contributed by atoms with van der Waals surface area (Å²) in [5.41, 5.74) is 1.73. The Morgan fingerprint density at radius 1 is 1.14 bits per heavy atom. The number of rotatable bonds is 3. The molecule has 0 atom stereocenters. The number of nitrogens with one attached hydrogen (secondary N) is 2. The summed E-state index contributed by atoms with van der Waals surface area (Å²) in [6, 6.07) is 7.78. The lowest BCUT2D eigenvalue weighted by molar-refractivity contribution is 0.244. The average molecular weight is 287 g/mol. The minimum absolute atomic E-state index is 0.121. The van der Waals surface area contributed by atoms with Crippen molar-refractivity contribution in [1.29, 1.82) is 0 Å². The number of urea groups is 1. The molecular weight excluding hydrogens is 266 g/mol. The Kier molecular flexibility index (Phi) is 4.38. The van der Waals surface area contributed by atoms with E-state index in [1.807, 2.05) is 24.3 Å². The number of amides is 2. The highest BCUT2D eigenvalue weighted by Gasteiger charge is 2.15. The number of anilines is 1. The molecule has 1 aliphatic carbocycles. The molecule has 112 valence electrons. The predicted octanol–water partition coefficient (Wildman–Crippen LogP) is 2.92. The third-order valence-electron chi connectivity index (χ3n) is 3.92. The van der Waals surface area contributed by atoms with E-state index in [9.17, 15) is 4.79 Å². The number of benzene rings is 1. The summed E-state index contributed by atoms with van der Waals surface area (Å²) in [6.07, 6.45) is 5.88. The van der Waals surface area contributed by atoms with Gasteiger partial charge >= 0.3 is 6.03 Å². The number of ether oxygens (including phenoxy) is 1. The van der Waals surface area contributed by atoms with Gasteiger partial charge in [0, 0.05) is 17.3 Å². The summed E-state index contributed by atoms with van der Waals surface area (Å²) in [6.45, 7) is 1.37. The SMILES string of the molecule is O=C(Nc1ccc(C2=NCCO2)cc1)NC1CCCCC1. The molecular formula is C16H21N3O2. The Labute approximate surface area is 124 Å². The zero-order chi connectivity index (χ0) is 14.5. The first kappa shape index (κ1) is 13.9. The lowest BCUT2D eigenvalue weighted by Gasteiger charge is -2.22. The zero-order valence-corrected chi connectivity index (χ0v) is 12.1.